The van der Waals surface area contributed by atoms with Crippen molar-refractivity contribution in [3.8, 4) is 0 Å². The van der Waals surface area contributed by atoms with Gasteiger partial charge in [0.15, 0.2) is 5.69 Å². The van der Waals surface area contributed by atoms with E-state index in [9.17, 15) is 9.59 Å². The molecule has 0 aliphatic rings. The van der Waals surface area contributed by atoms with Crippen LogP contribution in [0.25, 0.3) is 0 Å². The fourth-order valence-corrected chi connectivity index (χ4v) is 1.95. The van der Waals surface area contributed by atoms with Crippen LogP contribution in [0.4, 0.5) is 0 Å². The molecule has 2 N–H and O–H groups in total. The molecule has 0 aliphatic carbocycles. The molecule has 1 heterocycles. The normalized spacial score (nSPS) is 12.1. The summed E-state index contributed by atoms with van der Waals surface area (Å²) < 4.78 is 1.21. The monoisotopic (exact) mass is 272 g/mol. The number of thioether (sulfide) groups is 1. The molecule has 1 amide bonds. The van der Waals surface area contributed by atoms with Gasteiger partial charge in [0.25, 0.3) is 0 Å². The van der Waals surface area contributed by atoms with E-state index in [-0.39, 0.29) is 24.2 Å². The van der Waals surface area contributed by atoms with Crippen molar-refractivity contribution in [3.05, 3.63) is 11.9 Å². The van der Waals surface area contributed by atoms with Gasteiger partial charge in [-0.3, -0.25) is 4.79 Å². The zero-order valence-corrected chi connectivity index (χ0v) is 11.1. The zero-order chi connectivity index (χ0) is 13.5. The SMILES string of the molecule is CCSCC(C)NC(=O)Cn1cc(C(=O)O)nn1. The number of aromatic carboxylic acids is 1. The lowest BCUT2D eigenvalue weighted by molar-refractivity contribution is -0.122. The van der Waals surface area contributed by atoms with Gasteiger partial charge in [0.1, 0.15) is 6.54 Å². The van der Waals surface area contributed by atoms with Crippen LogP contribution in [-0.4, -0.2) is 49.5 Å². The first-order valence-corrected chi connectivity index (χ1v) is 6.69. The Bertz CT molecular complexity index is 421. The minimum Gasteiger partial charge on any atom is -0.476 e. The minimum absolute atomic E-state index is 0.0264. The van der Waals surface area contributed by atoms with Crippen molar-refractivity contribution in [2.24, 2.45) is 0 Å². The van der Waals surface area contributed by atoms with Gasteiger partial charge in [0.05, 0.1) is 6.20 Å². The number of carbonyl (C=O) groups is 2. The molecule has 1 aromatic rings. The van der Waals surface area contributed by atoms with Gasteiger partial charge in [-0.25, -0.2) is 9.48 Å². The lowest BCUT2D eigenvalue weighted by Crippen LogP contribution is -2.36. The number of amides is 1. The molecule has 1 unspecified atom stereocenters. The molecule has 0 saturated heterocycles. The van der Waals surface area contributed by atoms with E-state index >= 15 is 0 Å². The number of hydrogen-bond acceptors (Lipinski definition) is 5. The van der Waals surface area contributed by atoms with Gasteiger partial charge in [-0.05, 0) is 12.7 Å². The fourth-order valence-electron chi connectivity index (χ4n) is 1.28. The molecule has 0 aliphatic heterocycles. The molecule has 0 bridgehead atoms. The van der Waals surface area contributed by atoms with Crippen LogP contribution >= 0.6 is 11.8 Å². The van der Waals surface area contributed by atoms with E-state index in [2.05, 4.69) is 22.6 Å². The third-order valence-corrected chi connectivity index (χ3v) is 3.19. The molecule has 0 fully saturated rings. The van der Waals surface area contributed by atoms with Gasteiger partial charge in [-0.1, -0.05) is 12.1 Å². The molecule has 18 heavy (non-hydrogen) atoms. The topological polar surface area (TPSA) is 97.1 Å². The van der Waals surface area contributed by atoms with Crippen molar-refractivity contribution in [2.45, 2.75) is 26.4 Å². The number of nitrogens with zero attached hydrogens (tertiary/aromatic N) is 3. The Morgan fingerprint density at radius 2 is 2.33 bits per heavy atom. The van der Waals surface area contributed by atoms with Crippen LogP contribution in [0, 0.1) is 0 Å². The second-order valence-electron chi connectivity index (χ2n) is 3.73. The number of carbonyl (C=O) groups excluding carboxylic acids is 1. The third kappa shape index (κ3) is 4.74. The Morgan fingerprint density at radius 1 is 1.61 bits per heavy atom. The van der Waals surface area contributed by atoms with E-state index in [4.69, 9.17) is 5.11 Å². The Hall–Kier alpha value is -1.57. The van der Waals surface area contributed by atoms with E-state index in [0.717, 1.165) is 11.5 Å². The van der Waals surface area contributed by atoms with Gasteiger partial charge in [-0.2, -0.15) is 11.8 Å². The van der Waals surface area contributed by atoms with Crippen LogP contribution in [0.2, 0.25) is 0 Å². The Balaban J connectivity index is 2.41. The number of hydrogen-bond donors (Lipinski definition) is 2. The first kappa shape index (κ1) is 14.5. The largest absolute Gasteiger partial charge is 0.476 e. The number of aromatic nitrogens is 3. The van der Waals surface area contributed by atoms with Crippen LogP contribution in [0.5, 0.6) is 0 Å². The average Bonchev–Trinajstić information content (AvgIpc) is 2.74. The van der Waals surface area contributed by atoms with E-state index in [1.54, 1.807) is 11.8 Å². The highest BCUT2D eigenvalue weighted by molar-refractivity contribution is 7.99. The van der Waals surface area contributed by atoms with E-state index in [1.165, 1.54) is 10.9 Å². The lowest BCUT2D eigenvalue weighted by Gasteiger charge is -2.12. The number of carboxylic acids is 1. The van der Waals surface area contributed by atoms with Gasteiger partial charge < -0.3 is 10.4 Å². The molecule has 0 aromatic carbocycles. The summed E-state index contributed by atoms with van der Waals surface area (Å²) in [4.78, 5) is 22.2. The van der Waals surface area contributed by atoms with Gasteiger partial charge in [0.2, 0.25) is 5.91 Å². The molecular weight excluding hydrogens is 256 g/mol. The van der Waals surface area contributed by atoms with Crippen LogP contribution in [0.15, 0.2) is 6.20 Å². The van der Waals surface area contributed by atoms with Crippen LogP contribution in [0.3, 0.4) is 0 Å². The summed E-state index contributed by atoms with van der Waals surface area (Å²) in [5.41, 5.74) is -0.169. The predicted octanol–water partition coefficient (Wildman–Crippen LogP) is 0.234. The molecule has 0 radical (unpaired) electrons. The zero-order valence-electron chi connectivity index (χ0n) is 10.3. The second-order valence-corrected chi connectivity index (χ2v) is 5.05. The molecular formula is C10H16N4O3S. The molecule has 0 saturated carbocycles. The Kier molecular flexibility index (Phi) is 5.63. The minimum atomic E-state index is -1.16. The number of carboxylic acid groups (broad SMARTS) is 1. The van der Waals surface area contributed by atoms with E-state index in [1.807, 2.05) is 6.92 Å². The standard InChI is InChI=1S/C10H16N4O3S/c1-3-18-6-7(2)11-9(15)5-14-4-8(10(16)17)12-13-14/h4,7H,3,5-6H2,1-2H3,(H,11,15)(H,16,17). The van der Waals surface area contributed by atoms with Crippen molar-refractivity contribution >= 4 is 23.6 Å². The summed E-state index contributed by atoms with van der Waals surface area (Å²) in [7, 11) is 0. The number of rotatable bonds is 7. The van der Waals surface area contributed by atoms with E-state index < -0.39 is 5.97 Å². The highest BCUT2D eigenvalue weighted by atomic mass is 32.2. The first-order valence-electron chi connectivity index (χ1n) is 5.53. The molecule has 1 aromatic heterocycles. The molecule has 0 spiro atoms. The van der Waals surface area contributed by atoms with Crippen LogP contribution in [-0.2, 0) is 11.3 Å². The summed E-state index contributed by atoms with van der Waals surface area (Å²) in [6.45, 7) is 3.95. The summed E-state index contributed by atoms with van der Waals surface area (Å²) in [5.74, 6) is 0.487. The highest BCUT2D eigenvalue weighted by Crippen LogP contribution is 2.01. The van der Waals surface area contributed by atoms with Crippen molar-refractivity contribution in [3.63, 3.8) is 0 Å². The summed E-state index contributed by atoms with van der Waals surface area (Å²) in [6, 6.07) is 0.0740. The average molecular weight is 272 g/mol. The van der Waals surface area contributed by atoms with Gasteiger partial charge >= 0.3 is 5.97 Å². The Morgan fingerprint density at radius 3 is 2.89 bits per heavy atom. The van der Waals surface area contributed by atoms with Gasteiger partial charge in [-0.15, -0.1) is 5.10 Å². The maximum atomic E-state index is 11.6. The number of nitrogens with one attached hydrogen (secondary N) is 1. The summed E-state index contributed by atoms with van der Waals surface area (Å²) in [5, 5.41) is 18.5. The molecule has 7 nitrogen and oxygen atoms in total. The van der Waals surface area contributed by atoms with Crippen molar-refractivity contribution in [1.82, 2.24) is 20.3 Å². The molecule has 8 heteroatoms. The molecule has 1 rings (SSSR count). The maximum Gasteiger partial charge on any atom is 0.358 e. The molecule has 1 atom stereocenters. The second kappa shape index (κ2) is 7.00. The quantitative estimate of drug-likeness (QED) is 0.737. The summed E-state index contributed by atoms with van der Waals surface area (Å²) >= 11 is 1.75. The highest BCUT2D eigenvalue weighted by Gasteiger charge is 2.12. The fraction of sp³-hybridized carbons (Fsp3) is 0.600. The van der Waals surface area contributed by atoms with Crippen LogP contribution in [0.1, 0.15) is 24.3 Å². The summed E-state index contributed by atoms with van der Waals surface area (Å²) in [6.07, 6.45) is 1.23. The van der Waals surface area contributed by atoms with Crippen molar-refractivity contribution in [2.75, 3.05) is 11.5 Å². The first-order chi connectivity index (χ1) is 8.52. The van der Waals surface area contributed by atoms with Crippen LogP contribution < -0.4 is 5.32 Å². The maximum absolute atomic E-state index is 11.6. The predicted molar refractivity (Wildman–Crippen MR) is 67.6 cm³/mol. The smallest absolute Gasteiger partial charge is 0.358 e. The third-order valence-electron chi connectivity index (χ3n) is 2.04. The van der Waals surface area contributed by atoms with Crippen molar-refractivity contribution < 1.29 is 14.7 Å². The van der Waals surface area contributed by atoms with E-state index in [0.29, 0.717) is 0 Å². The Labute approximate surface area is 109 Å². The molecule has 100 valence electrons. The van der Waals surface area contributed by atoms with Gasteiger partial charge in [0, 0.05) is 11.8 Å². The lowest BCUT2D eigenvalue weighted by atomic mass is 10.4. The van der Waals surface area contributed by atoms with Crippen molar-refractivity contribution in [1.29, 1.82) is 0 Å².